The van der Waals surface area contributed by atoms with E-state index in [1.807, 2.05) is 42.5 Å². The highest BCUT2D eigenvalue weighted by Crippen LogP contribution is 2.29. The minimum Gasteiger partial charge on any atom is -0.481 e. The van der Waals surface area contributed by atoms with Crippen molar-refractivity contribution >= 4 is 34.9 Å². The second-order valence-corrected chi connectivity index (χ2v) is 11.5. The molecule has 3 N–H and O–H groups in total. The molecule has 0 saturated heterocycles. The summed E-state index contributed by atoms with van der Waals surface area (Å²) in [6.07, 6.45) is 6.78. The summed E-state index contributed by atoms with van der Waals surface area (Å²) in [6, 6.07) is 22.8. The molecule has 0 aliphatic heterocycles. The van der Waals surface area contributed by atoms with Gasteiger partial charge in [-0.05, 0) is 89.8 Å². The van der Waals surface area contributed by atoms with E-state index in [-0.39, 0.29) is 30.3 Å². The van der Waals surface area contributed by atoms with E-state index in [2.05, 4.69) is 55.7 Å². The molecule has 0 spiro atoms. The number of allylic oxidation sites excluding steroid dienone is 2. The topological polar surface area (TPSA) is 98.7 Å². The first kappa shape index (κ1) is 29.6. The molecule has 0 fully saturated rings. The lowest BCUT2D eigenvalue weighted by Gasteiger charge is -2.25. The van der Waals surface area contributed by atoms with Crippen molar-refractivity contribution in [3.63, 3.8) is 0 Å². The minimum absolute atomic E-state index is 0.0499. The molecule has 0 radical (unpaired) electrons. The maximum Gasteiger partial charge on any atom is 0.326 e. The molecule has 214 valence electrons. The van der Waals surface area contributed by atoms with Crippen LogP contribution in [0.25, 0.3) is 5.57 Å². The van der Waals surface area contributed by atoms with Gasteiger partial charge in [0.1, 0.15) is 0 Å². The monoisotopic (exact) mass is 553 g/mol. The molecule has 1 aliphatic rings. The molecule has 0 saturated carbocycles. The number of carbonyl (C=O) groups excluding carboxylic acids is 2. The Morgan fingerprint density at radius 1 is 0.927 bits per heavy atom. The average Bonchev–Trinajstić information content (AvgIpc) is 2.96. The van der Waals surface area contributed by atoms with E-state index in [4.69, 9.17) is 5.11 Å². The van der Waals surface area contributed by atoms with Gasteiger partial charge in [0.2, 0.25) is 0 Å². The number of urea groups is 1. The van der Waals surface area contributed by atoms with Crippen molar-refractivity contribution in [1.82, 2.24) is 5.32 Å². The number of anilines is 2. The zero-order chi connectivity index (χ0) is 29.4. The van der Waals surface area contributed by atoms with Crippen molar-refractivity contribution < 1.29 is 19.5 Å². The number of rotatable bonds is 9. The molecule has 0 heterocycles. The van der Waals surface area contributed by atoms with E-state index in [9.17, 15) is 14.4 Å². The molecule has 3 aromatic carbocycles. The van der Waals surface area contributed by atoms with Gasteiger partial charge in [0.05, 0.1) is 13.0 Å². The fourth-order valence-corrected chi connectivity index (χ4v) is 4.82. The SMILES string of the molecule is CC(C)(C)c1cccc(NC(=O)N(Cc2ccc(C(=O)NCCC(=O)O)cc2)c2ccc(C3=CCCCC3)cc2)c1. The van der Waals surface area contributed by atoms with E-state index in [0.29, 0.717) is 12.1 Å². The molecule has 1 aliphatic carbocycles. The molecule has 0 bridgehead atoms. The van der Waals surface area contributed by atoms with E-state index >= 15 is 0 Å². The summed E-state index contributed by atoms with van der Waals surface area (Å²) in [6.45, 7) is 6.78. The number of hydrogen-bond acceptors (Lipinski definition) is 3. The maximum atomic E-state index is 13.7. The third-order valence-corrected chi connectivity index (χ3v) is 7.25. The van der Waals surface area contributed by atoms with Crippen LogP contribution in [0.15, 0.2) is 78.9 Å². The summed E-state index contributed by atoms with van der Waals surface area (Å²) in [7, 11) is 0. The summed E-state index contributed by atoms with van der Waals surface area (Å²) in [5, 5.41) is 14.5. The van der Waals surface area contributed by atoms with E-state index in [1.54, 1.807) is 17.0 Å². The first-order valence-corrected chi connectivity index (χ1v) is 14.2. The standard InChI is InChI=1S/C34H39N3O4/c1-34(2,3)28-10-7-11-29(22-28)36-33(41)37(30-18-16-26(17-19-30)25-8-5-4-6-9-25)23-24-12-14-27(15-13-24)32(40)35-21-20-31(38)39/h7-8,10-19,22H,4-6,9,20-21,23H2,1-3H3,(H,35,40)(H,36,41)(H,38,39). The highest BCUT2D eigenvalue weighted by Gasteiger charge is 2.19. The summed E-state index contributed by atoms with van der Waals surface area (Å²) in [5.74, 6) is -1.30. The molecular formula is C34H39N3O4. The number of carbonyl (C=O) groups is 3. The predicted molar refractivity (Wildman–Crippen MR) is 164 cm³/mol. The van der Waals surface area contributed by atoms with Gasteiger partial charge in [0.15, 0.2) is 0 Å². The third-order valence-electron chi connectivity index (χ3n) is 7.25. The highest BCUT2D eigenvalue weighted by molar-refractivity contribution is 6.02. The van der Waals surface area contributed by atoms with Crippen LogP contribution in [0.1, 0.15) is 79.9 Å². The molecular weight excluding hydrogens is 514 g/mol. The highest BCUT2D eigenvalue weighted by atomic mass is 16.4. The summed E-state index contributed by atoms with van der Waals surface area (Å²) in [5.41, 5.74) is 6.40. The number of amides is 3. The third kappa shape index (κ3) is 8.30. The first-order valence-electron chi connectivity index (χ1n) is 14.2. The zero-order valence-corrected chi connectivity index (χ0v) is 24.1. The average molecular weight is 554 g/mol. The number of carboxylic acid groups (broad SMARTS) is 1. The van der Waals surface area contributed by atoms with Crippen LogP contribution in [-0.4, -0.2) is 29.6 Å². The van der Waals surface area contributed by atoms with Gasteiger partial charge in [-0.3, -0.25) is 14.5 Å². The lowest BCUT2D eigenvalue weighted by Crippen LogP contribution is -2.34. The Morgan fingerprint density at radius 3 is 2.29 bits per heavy atom. The zero-order valence-electron chi connectivity index (χ0n) is 24.1. The van der Waals surface area contributed by atoms with Crippen molar-refractivity contribution in [1.29, 1.82) is 0 Å². The lowest BCUT2D eigenvalue weighted by molar-refractivity contribution is -0.136. The molecule has 0 atom stereocenters. The van der Waals surface area contributed by atoms with Crippen molar-refractivity contribution in [2.45, 2.75) is 64.8 Å². The summed E-state index contributed by atoms with van der Waals surface area (Å²) >= 11 is 0. The van der Waals surface area contributed by atoms with Gasteiger partial charge in [-0.1, -0.05) is 63.2 Å². The Hall–Kier alpha value is -4.39. The molecule has 0 unspecified atom stereocenters. The second-order valence-electron chi connectivity index (χ2n) is 11.5. The Morgan fingerprint density at radius 2 is 1.66 bits per heavy atom. The van der Waals surface area contributed by atoms with Crippen LogP contribution in [0.5, 0.6) is 0 Å². The fourth-order valence-electron chi connectivity index (χ4n) is 4.82. The van der Waals surface area contributed by atoms with Crippen LogP contribution >= 0.6 is 0 Å². The van der Waals surface area contributed by atoms with E-state index in [0.717, 1.165) is 35.3 Å². The van der Waals surface area contributed by atoms with Crippen molar-refractivity contribution in [3.8, 4) is 0 Å². The first-order chi connectivity index (χ1) is 19.6. The van der Waals surface area contributed by atoms with Crippen LogP contribution in [0.3, 0.4) is 0 Å². The quantitative estimate of drug-likeness (QED) is 0.257. The largest absolute Gasteiger partial charge is 0.481 e. The van der Waals surface area contributed by atoms with Crippen LogP contribution in [0.4, 0.5) is 16.2 Å². The predicted octanol–water partition coefficient (Wildman–Crippen LogP) is 7.38. The molecule has 41 heavy (non-hydrogen) atoms. The molecule has 3 aromatic rings. The van der Waals surface area contributed by atoms with Crippen LogP contribution in [0, 0.1) is 0 Å². The van der Waals surface area contributed by atoms with Gasteiger partial charge in [-0.15, -0.1) is 0 Å². The van der Waals surface area contributed by atoms with Crippen molar-refractivity contribution in [3.05, 3.63) is 101 Å². The number of nitrogens with one attached hydrogen (secondary N) is 2. The summed E-state index contributed by atoms with van der Waals surface area (Å²) < 4.78 is 0. The molecule has 4 rings (SSSR count). The van der Waals surface area contributed by atoms with Crippen LogP contribution < -0.4 is 15.5 Å². The Bertz CT molecular complexity index is 1400. The lowest BCUT2D eigenvalue weighted by atomic mass is 9.87. The maximum absolute atomic E-state index is 13.7. The normalized spacial score (nSPS) is 13.2. The Kier molecular flexibility index (Phi) is 9.61. The van der Waals surface area contributed by atoms with Crippen LogP contribution in [-0.2, 0) is 16.8 Å². The van der Waals surface area contributed by atoms with E-state index < -0.39 is 5.97 Å². The number of aliphatic carboxylic acids is 1. The number of nitrogens with zero attached hydrogens (tertiary/aromatic N) is 1. The van der Waals surface area contributed by atoms with Crippen LogP contribution in [0.2, 0.25) is 0 Å². The summed E-state index contributed by atoms with van der Waals surface area (Å²) in [4.78, 5) is 38.5. The molecule has 3 amide bonds. The Labute approximate surface area is 242 Å². The van der Waals surface area contributed by atoms with Gasteiger partial charge in [-0.2, -0.15) is 0 Å². The number of hydrogen-bond donors (Lipinski definition) is 3. The van der Waals surface area contributed by atoms with Crippen molar-refractivity contribution in [2.75, 3.05) is 16.8 Å². The van der Waals surface area contributed by atoms with Gasteiger partial charge in [0, 0.05) is 23.5 Å². The molecule has 7 nitrogen and oxygen atoms in total. The van der Waals surface area contributed by atoms with E-state index in [1.165, 1.54) is 24.0 Å². The minimum atomic E-state index is -0.965. The fraction of sp³-hybridized carbons (Fsp3) is 0.324. The molecule has 0 aromatic heterocycles. The molecule has 7 heteroatoms. The number of benzene rings is 3. The van der Waals surface area contributed by atoms with Crippen molar-refractivity contribution in [2.24, 2.45) is 0 Å². The second kappa shape index (κ2) is 13.3. The van der Waals surface area contributed by atoms with Gasteiger partial charge < -0.3 is 15.7 Å². The van der Waals surface area contributed by atoms with Gasteiger partial charge in [0.25, 0.3) is 5.91 Å². The van der Waals surface area contributed by atoms with Gasteiger partial charge in [-0.25, -0.2) is 4.79 Å². The van der Waals surface area contributed by atoms with Gasteiger partial charge >= 0.3 is 12.0 Å². The number of carboxylic acids is 1. The smallest absolute Gasteiger partial charge is 0.326 e. The Balaban J connectivity index is 1.55.